The Hall–Kier alpha value is -3.55. The van der Waals surface area contributed by atoms with E-state index in [4.69, 9.17) is 0 Å². The molecule has 2 aromatic carbocycles. The van der Waals surface area contributed by atoms with E-state index in [1.54, 1.807) is 9.80 Å². The second-order valence-electron chi connectivity index (χ2n) is 11.2. The van der Waals surface area contributed by atoms with Gasteiger partial charge < -0.3 is 24.9 Å². The topological polar surface area (TPSA) is 76.2 Å². The fraction of sp³-hybridized carbons (Fsp3) is 0.500. The zero-order chi connectivity index (χ0) is 26.9. The smallest absolute Gasteiger partial charge is 0.321 e. The summed E-state index contributed by atoms with van der Waals surface area (Å²) in [6.07, 6.45) is 3.07. The zero-order valence-corrected chi connectivity index (χ0v) is 22.8. The van der Waals surface area contributed by atoms with Crippen LogP contribution in [-0.2, 0) is 9.59 Å². The predicted octanol–water partition coefficient (Wildman–Crippen LogP) is 4.23. The Morgan fingerprint density at radius 3 is 2.29 bits per heavy atom. The van der Waals surface area contributed by atoms with Gasteiger partial charge in [-0.1, -0.05) is 42.8 Å². The third-order valence-electron chi connectivity index (χ3n) is 8.55. The van der Waals surface area contributed by atoms with Crippen LogP contribution in [0.3, 0.4) is 0 Å². The van der Waals surface area contributed by atoms with Crippen LogP contribution < -0.4 is 10.2 Å². The number of nitrogens with one attached hydrogen (secondary N) is 1. The number of amides is 4. The Balaban J connectivity index is 1.30. The number of carbonyl (C=O) groups excluding carboxylic acids is 3. The summed E-state index contributed by atoms with van der Waals surface area (Å²) in [5.74, 6) is 0.664. The molecule has 1 N–H and O–H groups in total. The van der Waals surface area contributed by atoms with Crippen LogP contribution in [0.1, 0.15) is 43.7 Å². The Morgan fingerprint density at radius 2 is 1.63 bits per heavy atom. The predicted molar refractivity (Wildman–Crippen MR) is 149 cm³/mol. The average molecular weight is 518 g/mol. The molecular weight excluding hydrogens is 478 g/mol. The van der Waals surface area contributed by atoms with Crippen molar-refractivity contribution in [2.24, 2.45) is 5.92 Å². The Kier molecular flexibility index (Phi) is 7.32. The van der Waals surface area contributed by atoms with E-state index in [1.807, 2.05) is 61.2 Å². The molecule has 0 atom stereocenters. The molecule has 0 unspecified atom stereocenters. The molecule has 4 amide bonds. The van der Waals surface area contributed by atoms with E-state index in [-0.39, 0.29) is 24.4 Å². The van der Waals surface area contributed by atoms with E-state index in [1.165, 1.54) is 0 Å². The summed E-state index contributed by atoms with van der Waals surface area (Å²) in [6.45, 7) is 9.20. The number of hydrogen-bond acceptors (Lipinski definition) is 4. The minimum atomic E-state index is -0.755. The molecule has 3 heterocycles. The molecule has 38 heavy (non-hydrogen) atoms. The van der Waals surface area contributed by atoms with Gasteiger partial charge in [-0.2, -0.15) is 0 Å². The molecule has 5 rings (SSSR count). The van der Waals surface area contributed by atoms with Gasteiger partial charge in [0.2, 0.25) is 5.91 Å². The summed E-state index contributed by atoms with van der Waals surface area (Å²) >= 11 is 0. The summed E-state index contributed by atoms with van der Waals surface area (Å²) in [4.78, 5) is 47.8. The number of piperidine rings is 2. The highest BCUT2D eigenvalue weighted by atomic mass is 16.2. The molecule has 0 aliphatic carbocycles. The molecular formula is C30H39N5O3. The number of carbonyl (C=O) groups is 3. The van der Waals surface area contributed by atoms with Gasteiger partial charge >= 0.3 is 6.03 Å². The van der Waals surface area contributed by atoms with Gasteiger partial charge in [0.15, 0.2) is 0 Å². The first-order valence-electron chi connectivity index (χ1n) is 13.8. The monoisotopic (exact) mass is 517 g/mol. The van der Waals surface area contributed by atoms with Crippen molar-refractivity contribution in [3.63, 3.8) is 0 Å². The lowest BCUT2D eigenvalue weighted by Gasteiger charge is -2.43. The molecule has 0 aromatic heterocycles. The number of benzene rings is 2. The van der Waals surface area contributed by atoms with Gasteiger partial charge in [-0.3, -0.25) is 9.59 Å². The number of hydrogen-bond donors (Lipinski definition) is 1. The molecule has 3 saturated heterocycles. The maximum atomic E-state index is 14.0. The first-order valence-corrected chi connectivity index (χ1v) is 13.8. The summed E-state index contributed by atoms with van der Waals surface area (Å²) < 4.78 is 0. The Bertz CT molecular complexity index is 1180. The van der Waals surface area contributed by atoms with Crippen molar-refractivity contribution >= 4 is 29.2 Å². The average Bonchev–Trinajstić information content (AvgIpc) is 3.17. The van der Waals surface area contributed by atoms with Crippen molar-refractivity contribution < 1.29 is 14.4 Å². The maximum absolute atomic E-state index is 14.0. The molecule has 1 spiro atoms. The third kappa shape index (κ3) is 5.08. The van der Waals surface area contributed by atoms with Gasteiger partial charge in [0, 0.05) is 37.6 Å². The van der Waals surface area contributed by atoms with Crippen LogP contribution in [0, 0.1) is 19.8 Å². The van der Waals surface area contributed by atoms with Gasteiger partial charge in [-0.05, 0) is 69.2 Å². The van der Waals surface area contributed by atoms with E-state index in [0.29, 0.717) is 38.5 Å². The fourth-order valence-corrected chi connectivity index (χ4v) is 6.07. The van der Waals surface area contributed by atoms with Crippen molar-refractivity contribution in [1.29, 1.82) is 0 Å². The Morgan fingerprint density at radius 1 is 0.947 bits per heavy atom. The van der Waals surface area contributed by atoms with Crippen LogP contribution in [0.2, 0.25) is 0 Å². The van der Waals surface area contributed by atoms with Gasteiger partial charge in [0.25, 0.3) is 5.91 Å². The van der Waals surface area contributed by atoms with Crippen LogP contribution in [0.5, 0.6) is 0 Å². The van der Waals surface area contributed by atoms with Crippen molar-refractivity contribution in [3.8, 4) is 0 Å². The highest BCUT2D eigenvalue weighted by molar-refractivity contribution is 5.97. The van der Waals surface area contributed by atoms with E-state index < -0.39 is 5.54 Å². The SMILES string of the molecule is Cc1ccc(NC(=O)N2CCC3(CC2)C(=O)N(CC(=O)N2CCC(C)CC2)CN3c2ccccc2)c(C)c1. The number of rotatable bonds is 4. The number of anilines is 2. The number of nitrogens with zero attached hydrogens (tertiary/aromatic N) is 4. The van der Waals surface area contributed by atoms with Crippen molar-refractivity contribution in [2.75, 3.05) is 49.6 Å². The van der Waals surface area contributed by atoms with Crippen LogP contribution in [-0.4, -0.2) is 77.5 Å². The summed E-state index contributed by atoms with van der Waals surface area (Å²) in [6, 6.07) is 15.8. The minimum absolute atomic E-state index is 0.00508. The van der Waals surface area contributed by atoms with Gasteiger partial charge in [0.05, 0.1) is 6.67 Å². The molecule has 3 fully saturated rings. The highest BCUT2D eigenvalue weighted by Crippen LogP contribution is 2.39. The molecule has 0 saturated carbocycles. The molecule has 3 aliphatic heterocycles. The minimum Gasteiger partial charge on any atom is -0.341 e. The summed E-state index contributed by atoms with van der Waals surface area (Å²) in [5.41, 5.74) is 3.20. The highest BCUT2D eigenvalue weighted by Gasteiger charge is 2.54. The molecule has 8 nitrogen and oxygen atoms in total. The van der Waals surface area contributed by atoms with Crippen LogP contribution in [0.15, 0.2) is 48.5 Å². The van der Waals surface area contributed by atoms with Crippen LogP contribution in [0.4, 0.5) is 16.2 Å². The number of aryl methyl sites for hydroxylation is 2. The van der Waals surface area contributed by atoms with E-state index >= 15 is 0 Å². The van der Waals surface area contributed by atoms with Gasteiger partial charge in [-0.25, -0.2) is 4.79 Å². The molecule has 2 aromatic rings. The van der Waals surface area contributed by atoms with E-state index in [0.717, 1.165) is 48.4 Å². The molecule has 8 heteroatoms. The lowest BCUT2D eigenvalue weighted by atomic mass is 9.85. The second-order valence-corrected chi connectivity index (χ2v) is 11.2. The van der Waals surface area contributed by atoms with Crippen molar-refractivity contribution in [1.82, 2.24) is 14.7 Å². The second kappa shape index (κ2) is 10.7. The third-order valence-corrected chi connectivity index (χ3v) is 8.55. The molecule has 202 valence electrons. The van der Waals surface area contributed by atoms with Crippen LogP contribution in [0.25, 0.3) is 0 Å². The van der Waals surface area contributed by atoms with Gasteiger partial charge in [-0.15, -0.1) is 0 Å². The lowest BCUT2D eigenvalue weighted by Crippen LogP contribution is -2.58. The van der Waals surface area contributed by atoms with Gasteiger partial charge in [0.1, 0.15) is 12.1 Å². The standard InChI is InChI=1S/C30H39N5O3/c1-22-11-15-32(16-12-22)27(36)20-34-21-35(25-7-5-4-6-8-25)30(28(34)37)13-17-33(18-14-30)29(38)31-26-10-9-23(2)19-24(26)3/h4-10,19,22H,11-18,20-21H2,1-3H3,(H,31,38). The number of likely N-dealkylation sites (tertiary alicyclic amines) is 2. The first kappa shape index (κ1) is 26.1. The van der Waals surface area contributed by atoms with E-state index in [2.05, 4.69) is 23.2 Å². The van der Waals surface area contributed by atoms with E-state index in [9.17, 15) is 14.4 Å². The lowest BCUT2D eigenvalue weighted by molar-refractivity contribution is -0.141. The van der Waals surface area contributed by atoms with Crippen LogP contribution >= 0.6 is 0 Å². The zero-order valence-electron chi connectivity index (χ0n) is 22.8. The normalized spacial score (nSPS) is 19.8. The molecule has 0 bridgehead atoms. The largest absolute Gasteiger partial charge is 0.341 e. The van der Waals surface area contributed by atoms with Crippen molar-refractivity contribution in [2.45, 2.75) is 52.0 Å². The number of para-hydroxylation sites is 1. The molecule has 0 radical (unpaired) electrons. The number of urea groups is 1. The summed E-state index contributed by atoms with van der Waals surface area (Å²) in [7, 11) is 0. The first-order chi connectivity index (χ1) is 18.3. The quantitative estimate of drug-likeness (QED) is 0.659. The molecule has 3 aliphatic rings. The maximum Gasteiger partial charge on any atom is 0.321 e. The van der Waals surface area contributed by atoms with Crippen molar-refractivity contribution in [3.05, 3.63) is 59.7 Å². The Labute approximate surface area is 225 Å². The summed E-state index contributed by atoms with van der Waals surface area (Å²) in [5, 5.41) is 3.04. The fourth-order valence-electron chi connectivity index (χ4n) is 6.07.